The Hall–Kier alpha value is -2.19. The normalized spacial score (nSPS) is 15.6. The molecule has 2 heteroatoms. The molecule has 0 N–H and O–H groups in total. The van der Waals surface area contributed by atoms with Gasteiger partial charge in [0, 0.05) is 0 Å². The van der Waals surface area contributed by atoms with Crippen LogP contribution < -0.4 is 0 Å². The number of hydrogen-bond acceptors (Lipinski definition) is 0. The fourth-order valence-electron chi connectivity index (χ4n) is 4.56. The molecule has 2 aliphatic rings. The van der Waals surface area contributed by atoms with E-state index in [1.165, 1.54) is 23.1 Å². The maximum Gasteiger partial charge on any atom is -0.0238 e. The molecule has 0 saturated carbocycles. The Balaban J connectivity index is 0.000000158. The van der Waals surface area contributed by atoms with E-state index < -0.39 is 16.6 Å². The van der Waals surface area contributed by atoms with Gasteiger partial charge in [-0.3, -0.25) is 0 Å². The fraction of sp³-hybridized carbons (Fsp3) is 0.200. The molecule has 0 spiro atoms. The van der Waals surface area contributed by atoms with Crippen LogP contribution in [0.2, 0.25) is 13.1 Å². The number of rotatable bonds is 5. The minimum atomic E-state index is -1.15. The summed E-state index contributed by atoms with van der Waals surface area (Å²) in [6.07, 6.45) is 15.2. The van der Waals surface area contributed by atoms with Gasteiger partial charge in [0.25, 0.3) is 0 Å². The van der Waals surface area contributed by atoms with Crippen molar-refractivity contribution in [3.05, 3.63) is 135 Å². The van der Waals surface area contributed by atoms with Crippen LogP contribution in [0.1, 0.15) is 32.9 Å². The van der Waals surface area contributed by atoms with Crippen molar-refractivity contribution in [2.24, 2.45) is 0 Å². The van der Waals surface area contributed by atoms with Gasteiger partial charge in [0.15, 0.2) is 0 Å². The van der Waals surface area contributed by atoms with Crippen molar-refractivity contribution in [3.8, 4) is 0 Å². The van der Waals surface area contributed by atoms with Crippen LogP contribution in [-0.2, 0) is 29.4 Å². The van der Waals surface area contributed by atoms with Crippen molar-refractivity contribution in [2.75, 3.05) is 0 Å². The summed E-state index contributed by atoms with van der Waals surface area (Å²) in [7, 11) is 0. The zero-order valence-corrected chi connectivity index (χ0v) is 21.7. The van der Waals surface area contributed by atoms with E-state index in [-0.39, 0.29) is 6.19 Å². The second-order valence-corrected chi connectivity index (χ2v) is 20.8. The summed E-state index contributed by atoms with van der Waals surface area (Å²) in [4.78, 5) is 0. The van der Waals surface area contributed by atoms with Gasteiger partial charge in [0.2, 0.25) is 0 Å². The van der Waals surface area contributed by atoms with Crippen molar-refractivity contribution in [1.29, 1.82) is 0 Å². The summed E-state index contributed by atoms with van der Waals surface area (Å²) in [5, 5.41) is 0. The van der Waals surface area contributed by atoms with Gasteiger partial charge in [-0.2, -0.15) is 0 Å². The molecule has 0 bridgehead atoms. The predicted octanol–water partition coefficient (Wildman–Crippen LogP) is 7.94. The topological polar surface area (TPSA) is 0 Å². The molecule has 0 aliphatic heterocycles. The van der Waals surface area contributed by atoms with Crippen LogP contribution >= 0.6 is 0 Å². The number of aryl methyl sites for hydroxylation is 2. The number of benzene rings is 3. The zero-order valence-electron chi connectivity index (χ0n) is 19.2. The quantitative estimate of drug-likeness (QED) is 0.334. The van der Waals surface area contributed by atoms with Gasteiger partial charge in [-0.1, -0.05) is 60.7 Å². The maximum absolute atomic E-state index is 2.52. The summed E-state index contributed by atoms with van der Waals surface area (Å²) in [5.74, 6) is 0. The number of fused-ring (bicyclic) bond motifs is 1. The maximum atomic E-state index is 2.52. The Kier molecular flexibility index (Phi) is 8.34. The minimum absolute atomic E-state index is 0.173. The first kappa shape index (κ1) is 23.0. The number of allylic oxidation sites excluding steroid dienone is 5. The van der Waals surface area contributed by atoms with Gasteiger partial charge in [-0.25, -0.2) is 0 Å². The van der Waals surface area contributed by atoms with Crippen molar-refractivity contribution < 1.29 is 16.6 Å². The Morgan fingerprint density at radius 2 is 1.38 bits per heavy atom. The smallest absolute Gasteiger partial charge is 0.0238 e. The van der Waals surface area contributed by atoms with Gasteiger partial charge in [-0.15, -0.1) is 0 Å². The van der Waals surface area contributed by atoms with E-state index in [0.29, 0.717) is 0 Å². The summed E-state index contributed by atoms with van der Waals surface area (Å²) < 4.78 is 2.58. The number of hydrogen-bond donors (Lipinski definition) is 0. The third kappa shape index (κ3) is 5.98. The molecule has 0 amide bonds. The van der Waals surface area contributed by atoms with Gasteiger partial charge in [0.1, 0.15) is 0 Å². The van der Waals surface area contributed by atoms with Gasteiger partial charge >= 0.3 is 116 Å². The minimum Gasteiger partial charge on any atom is -0.0622 e. The van der Waals surface area contributed by atoms with Crippen molar-refractivity contribution in [2.45, 2.75) is 36.6 Å². The fourth-order valence-corrected chi connectivity index (χ4v) is 16.5. The SMILES string of the molecule is C[Si](C)=[Ti]([C]1=CC=CC1)[CH]1C=Cc2ccccc21.c1ccc(CCc2ccccc2)cc1. The zero-order chi connectivity index (χ0) is 22.2. The molecule has 3 aromatic carbocycles. The Labute approximate surface area is 200 Å². The monoisotopic (exact) mass is 468 g/mol. The van der Waals surface area contributed by atoms with Gasteiger partial charge < -0.3 is 0 Å². The first-order valence-electron chi connectivity index (χ1n) is 11.6. The largest absolute Gasteiger partial charge is 0.0622 e. The third-order valence-electron chi connectivity index (χ3n) is 6.15. The molecule has 0 nitrogen and oxygen atoms in total. The average Bonchev–Trinajstić information content (AvgIpc) is 3.51. The molecule has 160 valence electrons. The van der Waals surface area contributed by atoms with Gasteiger partial charge in [-0.05, 0) is 24.0 Å². The second-order valence-electron chi connectivity index (χ2n) is 8.67. The molecular weight excluding hydrogens is 436 g/mol. The second kappa shape index (κ2) is 11.6. The molecule has 1 atom stereocenters. The summed E-state index contributed by atoms with van der Waals surface area (Å²) in [5.41, 5.74) is 5.89. The molecule has 0 heterocycles. The molecule has 5 rings (SSSR count). The summed E-state index contributed by atoms with van der Waals surface area (Å²) >= 11 is -1.15. The van der Waals surface area contributed by atoms with E-state index in [2.05, 4.69) is 128 Å². The van der Waals surface area contributed by atoms with Crippen molar-refractivity contribution in [3.63, 3.8) is 0 Å². The van der Waals surface area contributed by atoms with Crippen molar-refractivity contribution >= 4 is 12.3 Å². The summed E-state index contributed by atoms with van der Waals surface area (Å²) in [6.45, 7) is 5.04. The van der Waals surface area contributed by atoms with Crippen LogP contribution in [0.25, 0.3) is 6.08 Å². The van der Waals surface area contributed by atoms with Crippen LogP contribution in [0.5, 0.6) is 0 Å². The Morgan fingerprint density at radius 3 is 1.94 bits per heavy atom. The molecule has 3 aromatic rings. The van der Waals surface area contributed by atoms with Gasteiger partial charge in [0.05, 0.1) is 0 Å². The first-order chi connectivity index (χ1) is 15.7. The van der Waals surface area contributed by atoms with E-state index in [4.69, 9.17) is 0 Å². The molecule has 0 fully saturated rings. The van der Waals surface area contributed by atoms with Crippen LogP contribution in [0.3, 0.4) is 0 Å². The summed E-state index contributed by atoms with van der Waals surface area (Å²) in [6, 6.07) is 30.2. The van der Waals surface area contributed by atoms with E-state index in [1.807, 2.05) is 0 Å². The molecule has 2 aliphatic carbocycles. The van der Waals surface area contributed by atoms with E-state index in [9.17, 15) is 0 Å². The molecule has 1 unspecified atom stereocenters. The molecule has 32 heavy (non-hydrogen) atoms. The van der Waals surface area contributed by atoms with E-state index in [0.717, 1.165) is 17.1 Å². The predicted molar refractivity (Wildman–Crippen MR) is 138 cm³/mol. The Morgan fingerprint density at radius 1 is 0.781 bits per heavy atom. The van der Waals surface area contributed by atoms with Crippen molar-refractivity contribution in [1.82, 2.24) is 0 Å². The third-order valence-corrected chi connectivity index (χ3v) is 18.3. The van der Waals surface area contributed by atoms with Crippen LogP contribution in [0, 0.1) is 0 Å². The molecule has 0 saturated heterocycles. The van der Waals surface area contributed by atoms with Crippen LogP contribution in [-0.4, -0.2) is 6.19 Å². The molecular formula is C30H32SiTi. The van der Waals surface area contributed by atoms with Crippen LogP contribution in [0.15, 0.2) is 113 Å². The average molecular weight is 469 g/mol. The first-order valence-corrected chi connectivity index (χ1v) is 18.1. The van der Waals surface area contributed by atoms with E-state index >= 15 is 0 Å². The van der Waals surface area contributed by atoms with E-state index in [1.54, 1.807) is 9.44 Å². The molecule has 0 aromatic heterocycles. The standard InChI is InChI=1S/C14H14.C9H7.C5H5.C2H6Si.Ti/c1-3-7-13(8-4-1)11-12-14-9-5-2-6-10-14;1-2-5-9-7-3-6-8(9)4-1;1-2-4-5-3-1;1-3-2;/h1-10H,11-12H2;1-7H;1-3H,4H2;1-2H3;. The Bertz CT molecular complexity index is 1110. The molecule has 0 radical (unpaired) electrons. The van der Waals surface area contributed by atoms with Crippen LogP contribution in [0.4, 0.5) is 0 Å².